The van der Waals surface area contributed by atoms with Gasteiger partial charge in [-0.1, -0.05) is 0 Å². The van der Waals surface area contributed by atoms with Crippen molar-refractivity contribution in [1.82, 2.24) is 0 Å². The molecule has 0 spiro atoms. The van der Waals surface area contributed by atoms with E-state index in [0.29, 0.717) is 10.3 Å². The Labute approximate surface area is 79.5 Å². The van der Waals surface area contributed by atoms with Gasteiger partial charge in [-0.2, -0.15) is 12.6 Å². The average molecular weight is 184 g/mol. The summed E-state index contributed by atoms with van der Waals surface area (Å²) < 4.78 is 0.395. The summed E-state index contributed by atoms with van der Waals surface area (Å²) in [6.07, 6.45) is 8.32. The van der Waals surface area contributed by atoms with E-state index in [1.165, 1.54) is 38.5 Å². The third kappa shape index (κ3) is 0.973. The molecule has 4 atom stereocenters. The maximum absolute atomic E-state index is 4.86. The molecule has 12 heavy (non-hydrogen) atoms. The van der Waals surface area contributed by atoms with Gasteiger partial charge in [0.05, 0.1) is 5.54 Å². The zero-order chi connectivity index (χ0) is 8.40. The molecule has 4 fully saturated rings. The second kappa shape index (κ2) is 2.03. The normalized spacial score (nSPS) is 62.5. The van der Waals surface area contributed by atoms with E-state index in [2.05, 4.69) is 5.73 Å². The van der Waals surface area contributed by atoms with E-state index >= 15 is 0 Å². The van der Waals surface area contributed by atoms with Crippen molar-refractivity contribution in [3.63, 3.8) is 0 Å². The molecule has 0 aliphatic heterocycles. The molecule has 0 radical (unpaired) electrons. The molecule has 0 saturated heterocycles. The molecule has 0 heterocycles. The van der Waals surface area contributed by atoms with Crippen LogP contribution >= 0.6 is 12.6 Å². The molecule has 0 amide bonds. The van der Waals surface area contributed by atoms with Crippen molar-refractivity contribution >= 4 is 12.6 Å². The summed E-state index contributed by atoms with van der Waals surface area (Å²) in [7, 11) is 0. The molecule has 3 N–H and O–H groups in total. The van der Waals surface area contributed by atoms with E-state index in [0.717, 1.165) is 11.8 Å². The first-order valence-electron chi connectivity index (χ1n) is 5.15. The Hall–Kier alpha value is 0.310. The van der Waals surface area contributed by atoms with Crippen LogP contribution in [0.2, 0.25) is 0 Å². The van der Waals surface area contributed by atoms with Crippen LogP contribution in [0.5, 0.6) is 0 Å². The molecule has 1 nitrogen and oxygen atoms in total. The average Bonchev–Trinajstić information content (AvgIpc) is 1.75. The summed E-state index contributed by atoms with van der Waals surface area (Å²) in [5.74, 6) is 1.95. The van der Waals surface area contributed by atoms with Gasteiger partial charge in [0, 0.05) is 24.0 Å². The van der Waals surface area contributed by atoms with E-state index in [-0.39, 0.29) is 0 Å². The smallest absolute Gasteiger partial charge is 0.0964 e. The first-order valence-corrected chi connectivity index (χ1v) is 5.60. The minimum absolute atomic E-state index is 0.395. The zero-order valence-electron chi connectivity index (χ0n) is 7.55. The van der Waals surface area contributed by atoms with Gasteiger partial charge in [-0.25, -0.2) is 0 Å². The number of thiol groups is 1. The van der Waals surface area contributed by atoms with Crippen LogP contribution in [-0.4, -0.2) is 10.3 Å². The Balaban J connectivity index is 1.98. The predicted octanol–water partition coefficient (Wildman–Crippen LogP) is 1.25. The fourth-order valence-electron chi connectivity index (χ4n) is 4.40. The van der Waals surface area contributed by atoms with E-state index in [1.807, 2.05) is 0 Å². The lowest BCUT2D eigenvalue weighted by Gasteiger charge is -2.57. The molecule has 4 aliphatic carbocycles. The van der Waals surface area contributed by atoms with E-state index in [4.69, 9.17) is 12.6 Å². The van der Waals surface area contributed by atoms with Gasteiger partial charge in [-0.15, -0.1) is 0 Å². The van der Waals surface area contributed by atoms with Crippen LogP contribution in [0.4, 0.5) is 0 Å². The molecule has 0 aromatic heterocycles. The standard InChI is InChI=1S/C10H17NS/c11-9-2-7-1-8(3-9)5-10(12,4-7)6-9/h7-8,12H,1-6,11H2/p+1/t7-,8+,9?,10?. The quantitative estimate of drug-likeness (QED) is 0.530. The Morgan fingerprint density at radius 1 is 1.08 bits per heavy atom. The van der Waals surface area contributed by atoms with Crippen molar-refractivity contribution in [2.24, 2.45) is 11.8 Å². The molecule has 2 unspecified atom stereocenters. The van der Waals surface area contributed by atoms with Crippen LogP contribution in [0.3, 0.4) is 0 Å². The molecule has 68 valence electrons. The summed E-state index contributed by atoms with van der Waals surface area (Å²) in [4.78, 5) is 0. The monoisotopic (exact) mass is 184 g/mol. The van der Waals surface area contributed by atoms with Gasteiger partial charge in [-0.05, 0) is 31.1 Å². The lowest BCUT2D eigenvalue weighted by atomic mass is 9.53. The van der Waals surface area contributed by atoms with Crippen LogP contribution in [0.25, 0.3) is 0 Å². The summed E-state index contributed by atoms with van der Waals surface area (Å²) in [6.45, 7) is 0. The van der Waals surface area contributed by atoms with Gasteiger partial charge in [0.15, 0.2) is 0 Å². The van der Waals surface area contributed by atoms with E-state index in [9.17, 15) is 0 Å². The Morgan fingerprint density at radius 2 is 1.67 bits per heavy atom. The van der Waals surface area contributed by atoms with Crippen molar-refractivity contribution in [2.75, 3.05) is 0 Å². The number of rotatable bonds is 0. The van der Waals surface area contributed by atoms with E-state index < -0.39 is 0 Å². The van der Waals surface area contributed by atoms with Crippen molar-refractivity contribution in [3.05, 3.63) is 0 Å². The lowest BCUT2D eigenvalue weighted by molar-refractivity contribution is -0.502. The Bertz CT molecular complexity index is 192. The highest BCUT2D eigenvalue weighted by Crippen LogP contribution is 2.58. The second-order valence-corrected chi connectivity index (χ2v) is 6.63. The van der Waals surface area contributed by atoms with Crippen LogP contribution in [-0.2, 0) is 0 Å². The first kappa shape index (κ1) is 7.69. The molecule has 4 saturated carbocycles. The second-order valence-electron chi connectivity index (χ2n) is 5.69. The van der Waals surface area contributed by atoms with Crippen LogP contribution in [0.15, 0.2) is 0 Å². The number of hydrogen-bond acceptors (Lipinski definition) is 1. The van der Waals surface area contributed by atoms with Crippen LogP contribution < -0.4 is 5.73 Å². The largest absolute Gasteiger partial charge is 0.353 e. The highest BCUT2D eigenvalue weighted by atomic mass is 32.1. The van der Waals surface area contributed by atoms with Crippen LogP contribution in [0, 0.1) is 11.8 Å². The number of quaternary nitrogens is 1. The fraction of sp³-hybridized carbons (Fsp3) is 1.00. The Morgan fingerprint density at radius 3 is 2.08 bits per heavy atom. The van der Waals surface area contributed by atoms with Crippen molar-refractivity contribution in [3.8, 4) is 0 Å². The SMILES string of the molecule is [NH3+]C12C[C@H]3C[C@@H](C1)CC(S)(C3)C2. The zero-order valence-corrected chi connectivity index (χ0v) is 8.45. The lowest BCUT2D eigenvalue weighted by Crippen LogP contribution is -2.79. The summed E-state index contributed by atoms with van der Waals surface area (Å²) in [6, 6.07) is 0. The molecule has 4 aliphatic rings. The summed E-state index contributed by atoms with van der Waals surface area (Å²) >= 11 is 4.86. The molecular weight excluding hydrogens is 166 g/mol. The minimum atomic E-state index is 0.395. The highest BCUT2D eigenvalue weighted by Gasteiger charge is 2.56. The van der Waals surface area contributed by atoms with Gasteiger partial charge in [0.2, 0.25) is 0 Å². The van der Waals surface area contributed by atoms with Gasteiger partial charge < -0.3 is 5.73 Å². The first-order chi connectivity index (χ1) is 5.57. The van der Waals surface area contributed by atoms with Gasteiger partial charge in [-0.3, -0.25) is 0 Å². The predicted molar refractivity (Wildman–Crippen MR) is 52.0 cm³/mol. The van der Waals surface area contributed by atoms with E-state index in [1.54, 1.807) is 0 Å². The fourth-order valence-corrected chi connectivity index (χ4v) is 5.25. The molecule has 0 aromatic rings. The van der Waals surface area contributed by atoms with Crippen molar-refractivity contribution < 1.29 is 5.73 Å². The third-order valence-corrected chi connectivity index (χ3v) is 4.67. The van der Waals surface area contributed by atoms with Crippen LogP contribution in [0.1, 0.15) is 38.5 Å². The minimum Gasteiger partial charge on any atom is -0.353 e. The highest BCUT2D eigenvalue weighted by molar-refractivity contribution is 7.81. The maximum Gasteiger partial charge on any atom is 0.0964 e. The van der Waals surface area contributed by atoms with Crippen molar-refractivity contribution in [1.29, 1.82) is 0 Å². The van der Waals surface area contributed by atoms with Gasteiger partial charge in [0.1, 0.15) is 0 Å². The number of hydrogen-bond donors (Lipinski definition) is 2. The molecule has 2 heteroatoms. The van der Waals surface area contributed by atoms with Gasteiger partial charge in [0.25, 0.3) is 0 Å². The molecule has 4 bridgehead atoms. The Kier molecular flexibility index (Phi) is 1.30. The summed E-state index contributed by atoms with van der Waals surface area (Å²) in [5.41, 5.74) is 4.86. The topological polar surface area (TPSA) is 27.6 Å². The van der Waals surface area contributed by atoms with Crippen molar-refractivity contribution in [2.45, 2.75) is 48.8 Å². The van der Waals surface area contributed by atoms with Gasteiger partial charge >= 0.3 is 0 Å². The summed E-state index contributed by atoms with van der Waals surface area (Å²) in [5, 5.41) is 0. The molecule has 4 rings (SSSR count). The molecule has 0 aromatic carbocycles. The maximum atomic E-state index is 4.86. The molecular formula is C10H18NS+. The third-order valence-electron chi connectivity index (χ3n) is 4.15.